The Bertz CT molecular complexity index is 792. The Kier molecular flexibility index (Phi) is 5.23. The number of aromatic nitrogens is 1. The second kappa shape index (κ2) is 6.97. The fourth-order valence-electron chi connectivity index (χ4n) is 2.06. The normalized spacial score (nSPS) is 11.4. The van der Waals surface area contributed by atoms with Crippen LogP contribution in [0.25, 0.3) is 0 Å². The van der Waals surface area contributed by atoms with Gasteiger partial charge >= 0.3 is 5.97 Å². The number of nitrogens with zero attached hydrogens (tertiary/aromatic N) is 1. The summed E-state index contributed by atoms with van der Waals surface area (Å²) in [4.78, 5) is 11.8. The van der Waals surface area contributed by atoms with Crippen LogP contribution in [0.1, 0.15) is 28.5 Å². The molecule has 0 amide bonds. The number of benzene rings is 1. The molecule has 0 spiro atoms. The van der Waals surface area contributed by atoms with E-state index in [1.807, 2.05) is 31.2 Å². The molecule has 0 unspecified atom stereocenters. The quantitative estimate of drug-likeness (QED) is 0.819. The highest BCUT2D eigenvalue weighted by Gasteiger charge is 2.20. The maximum Gasteiger partial charge on any atom is 0.354 e. The molecule has 1 N–H and O–H groups in total. The second-order valence-electron chi connectivity index (χ2n) is 5.20. The third kappa shape index (κ3) is 4.20. The molecule has 2 aromatic rings. The Morgan fingerprint density at radius 3 is 2.52 bits per heavy atom. The molecule has 1 aromatic carbocycles. The molecule has 0 saturated carbocycles. The number of carbonyl (C=O) groups is 1. The third-order valence-corrected chi connectivity index (χ3v) is 4.73. The topological polar surface area (TPSA) is 77.4 Å². The maximum atomic E-state index is 12.3. The zero-order valence-electron chi connectivity index (χ0n) is 13.4. The number of hydrogen-bond acceptors (Lipinski definition) is 4. The minimum atomic E-state index is -3.70. The number of rotatable bonds is 6. The highest BCUT2D eigenvalue weighted by molar-refractivity contribution is 7.89. The summed E-state index contributed by atoms with van der Waals surface area (Å²) in [5.41, 5.74) is 2.17. The molecule has 1 heterocycles. The fraction of sp³-hybridized carbons (Fsp3) is 0.312. The molecule has 7 heteroatoms. The smallest absolute Gasteiger partial charge is 0.354 e. The average molecular weight is 336 g/mol. The molecule has 0 saturated heterocycles. The van der Waals surface area contributed by atoms with Gasteiger partial charge in [-0.05, 0) is 25.5 Å². The molecule has 0 atom stereocenters. The first-order valence-corrected chi connectivity index (χ1v) is 8.70. The van der Waals surface area contributed by atoms with E-state index in [-0.39, 0.29) is 23.7 Å². The zero-order chi connectivity index (χ0) is 17.0. The SMILES string of the molecule is CCOC(=O)c1cc(S(=O)(=O)NCc2ccc(C)cc2)cn1C. The standard InChI is InChI=1S/C16H20N2O4S/c1-4-22-16(19)15-9-14(11-18(15)3)23(20,21)17-10-13-7-5-12(2)6-8-13/h5-9,11,17H,4,10H2,1-3H3. The summed E-state index contributed by atoms with van der Waals surface area (Å²) in [5, 5.41) is 0. The lowest BCUT2D eigenvalue weighted by Gasteiger charge is -2.05. The third-order valence-electron chi connectivity index (χ3n) is 3.36. The summed E-state index contributed by atoms with van der Waals surface area (Å²) in [6, 6.07) is 8.89. The average Bonchev–Trinajstić information content (AvgIpc) is 2.90. The highest BCUT2D eigenvalue weighted by atomic mass is 32.2. The van der Waals surface area contributed by atoms with Crippen LogP contribution in [0.3, 0.4) is 0 Å². The van der Waals surface area contributed by atoms with E-state index in [0.29, 0.717) is 0 Å². The van der Waals surface area contributed by atoms with Gasteiger partial charge in [-0.1, -0.05) is 29.8 Å². The molecular weight excluding hydrogens is 316 g/mol. The largest absolute Gasteiger partial charge is 0.461 e. The van der Waals surface area contributed by atoms with Gasteiger partial charge in [-0.2, -0.15) is 0 Å². The summed E-state index contributed by atoms with van der Waals surface area (Å²) < 4.78 is 33.6. The van der Waals surface area contributed by atoms with Crippen molar-refractivity contribution in [2.75, 3.05) is 6.61 Å². The van der Waals surface area contributed by atoms with Gasteiger partial charge in [0.2, 0.25) is 10.0 Å². The van der Waals surface area contributed by atoms with Crippen molar-refractivity contribution < 1.29 is 17.9 Å². The van der Waals surface area contributed by atoms with Gasteiger partial charge in [-0.25, -0.2) is 17.9 Å². The Hall–Kier alpha value is -2.12. The van der Waals surface area contributed by atoms with E-state index >= 15 is 0 Å². The lowest BCUT2D eigenvalue weighted by atomic mass is 10.2. The van der Waals surface area contributed by atoms with Crippen LogP contribution in [0, 0.1) is 6.92 Å². The molecule has 1 aromatic heterocycles. The van der Waals surface area contributed by atoms with Gasteiger partial charge in [0.05, 0.1) is 6.61 Å². The van der Waals surface area contributed by atoms with Crippen molar-refractivity contribution in [3.63, 3.8) is 0 Å². The van der Waals surface area contributed by atoms with Gasteiger partial charge in [-0.3, -0.25) is 0 Å². The summed E-state index contributed by atoms with van der Waals surface area (Å²) in [6.45, 7) is 4.08. The van der Waals surface area contributed by atoms with Crippen LogP contribution < -0.4 is 4.72 Å². The second-order valence-corrected chi connectivity index (χ2v) is 6.97. The molecule has 0 bridgehead atoms. The van der Waals surface area contributed by atoms with E-state index in [0.717, 1.165) is 11.1 Å². The van der Waals surface area contributed by atoms with E-state index in [9.17, 15) is 13.2 Å². The molecule has 23 heavy (non-hydrogen) atoms. The van der Waals surface area contributed by atoms with Gasteiger partial charge in [0.25, 0.3) is 0 Å². The minimum Gasteiger partial charge on any atom is -0.461 e. The van der Waals surface area contributed by atoms with Crippen LogP contribution in [0.5, 0.6) is 0 Å². The maximum absolute atomic E-state index is 12.3. The summed E-state index contributed by atoms with van der Waals surface area (Å²) in [7, 11) is -2.09. The monoisotopic (exact) mass is 336 g/mol. The van der Waals surface area contributed by atoms with Crippen LogP contribution in [0.4, 0.5) is 0 Å². The fourth-order valence-corrected chi connectivity index (χ4v) is 3.14. The van der Waals surface area contributed by atoms with Gasteiger partial charge < -0.3 is 9.30 Å². The predicted molar refractivity (Wildman–Crippen MR) is 86.6 cm³/mol. The molecular formula is C16H20N2O4S. The first-order chi connectivity index (χ1) is 10.8. The summed E-state index contributed by atoms with van der Waals surface area (Å²) >= 11 is 0. The Morgan fingerprint density at radius 2 is 1.91 bits per heavy atom. The number of carbonyl (C=O) groups excluding carboxylic acids is 1. The number of sulfonamides is 1. The minimum absolute atomic E-state index is 0.0372. The van der Waals surface area contributed by atoms with Crippen LogP contribution in [0.2, 0.25) is 0 Å². The van der Waals surface area contributed by atoms with Gasteiger partial charge in [0.1, 0.15) is 10.6 Å². The van der Waals surface area contributed by atoms with Gasteiger partial charge in [0.15, 0.2) is 0 Å². The van der Waals surface area contributed by atoms with Crippen molar-refractivity contribution in [3.8, 4) is 0 Å². The Morgan fingerprint density at radius 1 is 1.26 bits per heavy atom. The van der Waals surface area contributed by atoms with E-state index < -0.39 is 16.0 Å². The van der Waals surface area contributed by atoms with Gasteiger partial charge in [-0.15, -0.1) is 0 Å². The number of nitrogens with one attached hydrogen (secondary N) is 1. The van der Waals surface area contributed by atoms with Crippen LogP contribution >= 0.6 is 0 Å². The highest BCUT2D eigenvalue weighted by Crippen LogP contribution is 2.15. The van der Waals surface area contributed by atoms with Crippen molar-refractivity contribution in [2.24, 2.45) is 7.05 Å². The van der Waals surface area contributed by atoms with Crippen molar-refractivity contribution in [1.82, 2.24) is 9.29 Å². The number of hydrogen-bond donors (Lipinski definition) is 1. The predicted octanol–water partition coefficient (Wildman–Crippen LogP) is 1.99. The molecule has 0 radical (unpaired) electrons. The van der Waals surface area contributed by atoms with E-state index in [1.165, 1.54) is 16.8 Å². The van der Waals surface area contributed by atoms with E-state index in [4.69, 9.17) is 4.74 Å². The zero-order valence-corrected chi connectivity index (χ0v) is 14.2. The number of aryl methyl sites for hydroxylation is 2. The molecule has 6 nitrogen and oxygen atoms in total. The molecule has 124 valence electrons. The van der Waals surface area contributed by atoms with Crippen LogP contribution in [-0.2, 0) is 28.4 Å². The van der Waals surface area contributed by atoms with Crippen LogP contribution in [0.15, 0.2) is 41.4 Å². The van der Waals surface area contributed by atoms with Crippen molar-refractivity contribution in [1.29, 1.82) is 0 Å². The lowest BCUT2D eigenvalue weighted by Crippen LogP contribution is -2.22. The van der Waals surface area contributed by atoms with E-state index in [2.05, 4.69) is 4.72 Å². The van der Waals surface area contributed by atoms with Gasteiger partial charge in [0, 0.05) is 19.8 Å². The Labute approximate surface area is 136 Å². The van der Waals surface area contributed by atoms with Crippen molar-refractivity contribution >= 4 is 16.0 Å². The first-order valence-electron chi connectivity index (χ1n) is 7.22. The molecule has 0 aliphatic heterocycles. The molecule has 0 aliphatic carbocycles. The molecule has 0 aliphatic rings. The number of esters is 1. The molecule has 2 rings (SSSR count). The molecule has 0 fully saturated rings. The van der Waals surface area contributed by atoms with Crippen molar-refractivity contribution in [2.45, 2.75) is 25.3 Å². The summed E-state index contributed by atoms with van der Waals surface area (Å²) in [6.07, 6.45) is 1.39. The lowest BCUT2D eigenvalue weighted by molar-refractivity contribution is 0.0515. The summed E-state index contributed by atoms with van der Waals surface area (Å²) in [5.74, 6) is -0.546. The Balaban J connectivity index is 2.14. The first kappa shape index (κ1) is 17.2. The van der Waals surface area contributed by atoms with E-state index in [1.54, 1.807) is 14.0 Å². The van der Waals surface area contributed by atoms with Crippen LogP contribution in [-0.4, -0.2) is 25.6 Å². The number of ether oxygens (including phenoxy) is 1. The van der Waals surface area contributed by atoms with Crippen molar-refractivity contribution in [3.05, 3.63) is 53.3 Å².